The highest BCUT2D eigenvalue weighted by Gasteiger charge is 2.21. The third kappa shape index (κ3) is 2.70. The Morgan fingerprint density at radius 3 is 2.50 bits per heavy atom. The molecular weight excluding hydrogens is 256 g/mol. The molecule has 1 aliphatic rings. The van der Waals surface area contributed by atoms with Crippen molar-refractivity contribution in [2.75, 3.05) is 6.61 Å². The molecule has 0 N–H and O–H groups in total. The van der Waals surface area contributed by atoms with Crippen LogP contribution in [-0.4, -0.2) is 21.0 Å². The van der Waals surface area contributed by atoms with Crippen molar-refractivity contribution in [1.82, 2.24) is 0 Å². The van der Waals surface area contributed by atoms with E-state index < -0.39 is 16.1 Å². The molecule has 5 nitrogen and oxygen atoms in total. The lowest BCUT2D eigenvalue weighted by Crippen LogP contribution is -2.04. The maximum Gasteiger partial charge on any atom is 0.338 e. The van der Waals surface area contributed by atoms with E-state index in [0.717, 1.165) is 11.8 Å². The van der Waals surface area contributed by atoms with Gasteiger partial charge >= 0.3 is 16.1 Å². The molecule has 0 aliphatic carbocycles. The zero-order chi connectivity index (χ0) is 13.2. The van der Waals surface area contributed by atoms with Crippen LogP contribution in [0.15, 0.2) is 41.0 Å². The van der Waals surface area contributed by atoms with Crippen LogP contribution in [0.1, 0.15) is 12.0 Å². The molecule has 0 aromatic heterocycles. The van der Waals surface area contributed by atoms with Gasteiger partial charge < -0.3 is 8.92 Å². The number of ether oxygens (including phenoxy) is 1. The summed E-state index contributed by atoms with van der Waals surface area (Å²) in [6.07, 6.45) is 1.31. The van der Waals surface area contributed by atoms with Crippen LogP contribution in [-0.2, 0) is 23.8 Å². The summed E-state index contributed by atoms with van der Waals surface area (Å²) in [7, 11) is -3.87. The summed E-state index contributed by atoms with van der Waals surface area (Å²) in [5.41, 5.74) is 1.18. The van der Waals surface area contributed by atoms with E-state index in [2.05, 4.69) is 4.74 Å². The van der Waals surface area contributed by atoms with Gasteiger partial charge in [-0.15, -0.1) is 0 Å². The van der Waals surface area contributed by atoms with Crippen LogP contribution in [0.4, 0.5) is 0 Å². The molecular formula is C12H12O5S. The van der Waals surface area contributed by atoms with E-state index in [-0.39, 0.29) is 17.1 Å². The van der Waals surface area contributed by atoms with Crippen molar-refractivity contribution < 1.29 is 22.1 Å². The molecule has 1 fully saturated rings. The zero-order valence-electron chi connectivity index (χ0n) is 9.75. The minimum Gasteiger partial charge on any atom is -0.462 e. The highest BCUT2D eigenvalue weighted by atomic mass is 32.2. The molecule has 6 heteroatoms. The number of cyclic esters (lactones) is 1. The van der Waals surface area contributed by atoms with Gasteiger partial charge in [0.05, 0.1) is 12.2 Å². The predicted molar refractivity (Wildman–Crippen MR) is 63.1 cm³/mol. The molecule has 1 heterocycles. The Balaban J connectivity index is 2.17. The molecule has 0 spiro atoms. The molecule has 2 rings (SSSR count). The molecule has 0 unspecified atom stereocenters. The fourth-order valence-electron chi connectivity index (χ4n) is 1.44. The lowest BCUT2D eigenvalue weighted by Gasteiger charge is -2.03. The quantitative estimate of drug-likeness (QED) is 0.360. The summed E-state index contributed by atoms with van der Waals surface area (Å²) in [4.78, 5) is 11.2. The molecule has 1 aliphatic heterocycles. The summed E-state index contributed by atoms with van der Waals surface area (Å²) in [5, 5.41) is 0. The van der Waals surface area contributed by atoms with Gasteiger partial charge in [-0.1, -0.05) is 17.7 Å². The van der Waals surface area contributed by atoms with Gasteiger partial charge in [-0.05, 0) is 19.1 Å². The summed E-state index contributed by atoms with van der Waals surface area (Å²) in [6.45, 7) is 2.12. The maximum absolute atomic E-state index is 11.8. The van der Waals surface area contributed by atoms with Crippen LogP contribution in [0.3, 0.4) is 0 Å². The first kappa shape index (κ1) is 12.6. The topological polar surface area (TPSA) is 69.7 Å². The number of rotatable bonds is 3. The largest absolute Gasteiger partial charge is 0.462 e. The SMILES string of the molecule is Cc1ccc(S(=O)(=O)O/C=C2\CCOC2=O)cc1. The van der Waals surface area contributed by atoms with Crippen LogP contribution in [0.5, 0.6) is 0 Å². The predicted octanol–water partition coefficient (Wildman–Crippen LogP) is 1.53. The molecule has 0 bridgehead atoms. The average molecular weight is 268 g/mol. The van der Waals surface area contributed by atoms with Crippen LogP contribution in [0.2, 0.25) is 0 Å². The van der Waals surface area contributed by atoms with Crippen molar-refractivity contribution in [3.8, 4) is 0 Å². The lowest BCUT2D eigenvalue weighted by molar-refractivity contribution is -0.135. The van der Waals surface area contributed by atoms with Gasteiger partial charge in [0.15, 0.2) is 0 Å². The highest BCUT2D eigenvalue weighted by molar-refractivity contribution is 7.86. The van der Waals surface area contributed by atoms with Gasteiger partial charge in [-0.3, -0.25) is 0 Å². The first-order chi connectivity index (χ1) is 8.49. The van der Waals surface area contributed by atoms with Crippen LogP contribution < -0.4 is 0 Å². The maximum atomic E-state index is 11.8. The van der Waals surface area contributed by atoms with Crippen LogP contribution in [0.25, 0.3) is 0 Å². The summed E-state index contributed by atoms with van der Waals surface area (Å²) < 4.78 is 33.0. The number of hydrogen-bond donors (Lipinski definition) is 0. The smallest absolute Gasteiger partial charge is 0.338 e. The Hall–Kier alpha value is -1.82. The minimum atomic E-state index is -3.87. The Labute approximate surface area is 105 Å². The Morgan fingerprint density at radius 2 is 1.94 bits per heavy atom. The van der Waals surface area contributed by atoms with E-state index in [1.54, 1.807) is 12.1 Å². The van der Waals surface area contributed by atoms with Crippen molar-refractivity contribution >= 4 is 16.1 Å². The zero-order valence-corrected chi connectivity index (χ0v) is 10.6. The molecule has 0 atom stereocenters. The van der Waals surface area contributed by atoms with Crippen LogP contribution in [0, 0.1) is 6.92 Å². The number of carbonyl (C=O) groups excluding carboxylic acids is 1. The van der Waals surface area contributed by atoms with Gasteiger partial charge in [-0.2, -0.15) is 8.42 Å². The van der Waals surface area contributed by atoms with Crippen molar-refractivity contribution in [2.45, 2.75) is 18.2 Å². The fourth-order valence-corrected chi connectivity index (χ4v) is 2.26. The number of benzene rings is 1. The standard InChI is InChI=1S/C12H12O5S/c1-9-2-4-11(5-3-9)18(14,15)17-8-10-6-7-16-12(10)13/h2-5,8H,6-7H2,1H3/b10-8+. The number of carbonyl (C=O) groups is 1. The lowest BCUT2D eigenvalue weighted by atomic mass is 10.2. The Kier molecular flexibility index (Phi) is 3.38. The molecule has 0 saturated carbocycles. The molecule has 0 radical (unpaired) electrons. The van der Waals surface area contributed by atoms with Crippen LogP contribution >= 0.6 is 0 Å². The molecule has 1 aromatic rings. The normalized spacial score (nSPS) is 17.8. The Morgan fingerprint density at radius 1 is 1.28 bits per heavy atom. The fraction of sp³-hybridized carbons (Fsp3) is 0.250. The van der Waals surface area contributed by atoms with Crippen molar-refractivity contribution in [3.05, 3.63) is 41.7 Å². The van der Waals surface area contributed by atoms with E-state index in [9.17, 15) is 13.2 Å². The second kappa shape index (κ2) is 4.81. The first-order valence-corrected chi connectivity index (χ1v) is 6.76. The monoisotopic (exact) mass is 268 g/mol. The number of aryl methyl sites for hydroxylation is 1. The molecule has 96 valence electrons. The second-order valence-corrected chi connectivity index (χ2v) is 5.46. The number of esters is 1. The van der Waals surface area contributed by atoms with E-state index in [4.69, 9.17) is 4.18 Å². The van der Waals surface area contributed by atoms with Gasteiger partial charge in [0.1, 0.15) is 11.2 Å². The van der Waals surface area contributed by atoms with Crippen molar-refractivity contribution in [3.63, 3.8) is 0 Å². The summed E-state index contributed by atoms with van der Waals surface area (Å²) in [6, 6.07) is 6.26. The second-order valence-electron chi connectivity index (χ2n) is 3.89. The van der Waals surface area contributed by atoms with Gasteiger partial charge in [-0.25, -0.2) is 4.79 Å². The molecule has 0 amide bonds. The third-order valence-corrected chi connectivity index (χ3v) is 3.69. The van der Waals surface area contributed by atoms with E-state index in [1.807, 2.05) is 6.92 Å². The molecule has 1 saturated heterocycles. The van der Waals surface area contributed by atoms with Gasteiger partial charge in [0, 0.05) is 6.42 Å². The first-order valence-electron chi connectivity index (χ1n) is 5.35. The number of hydrogen-bond acceptors (Lipinski definition) is 5. The molecule has 1 aromatic carbocycles. The van der Waals surface area contributed by atoms with Crippen molar-refractivity contribution in [1.29, 1.82) is 0 Å². The minimum absolute atomic E-state index is 0.0521. The summed E-state index contributed by atoms with van der Waals surface area (Å²) >= 11 is 0. The van der Waals surface area contributed by atoms with Gasteiger partial charge in [0.25, 0.3) is 0 Å². The Bertz CT molecular complexity index is 583. The summed E-state index contributed by atoms with van der Waals surface area (Å²) in [5.74, 6) is -0.533. The van der Waals surface area contributed by atoms with Crippen molar-refractivity contribution in [2.24, 2.45) is 0 Å². The van der Waals surface area contributed by atoms with E-state index >= 15 is 0 Å². The van der Waals surface area contributed by atoms with E-state index in [0.29, 0.717) is 6.42 Å². The van der Waals surface area contributed by atoms with E-state index in [1.165, 1.54) is 12.1 Å². The van der Waals surface area contributed by atoms with Gasteiger partial charge in [0.2, 0.25) is 0 Å². The molecule has 18 heavy (non-hydrogen) atoms. The third-order valence-electron chi connectivity index (χ3n) is 2.49. The highest BCUT2D eigenvalue weighted by Crippen LogP contribution is 2.17. The average Bonchev–Trinajstić information content (AvgIpc) is 2.73.